The Balaban J connectivity index is 2.26. The highest BCUT2D eigenvalue weighted by atomic mass is 35.5. The Kier molecular flexibility index (Phi) is 5.95. The fourth-order valence-electron chi connectivity index (χ4n) is 2.66. The van der Waals surface area contributed by atoms with Crippen LogP contribution in [0, 0.1) is 0 Å². The van der Waals surface area contributed by atoms with Gasteiger partial charge in [0, 0.05) is 37.7 Å². The molecule has 134 valence electrons. The molecule has 7 nitrogen and oxygen atoms in total. The number of ether oxygens (including phenoxy) is 2. The van der Waals surface area contributed by atoms with E-state index in [1.54, 1.807) is 4.90 Å². The summed E-state index contributed by atoms with van der Waals surface area (Å²) in [5.41, 5.74) is 0. The van der Waals surface area contributed by atoms with Gasteiger partial charge in [-0.25, -0.2) is 13.1 Å². The van der Waals surface area contributed by atoms with Crippen molar-refractivity contribution in [2.75, 3.05) is 27.3 Å². The molecule has 0 unspecified atom stereocenters. The number of amides is 1. The van der Waals surface area contributed by atoms with Crippen molar-refractivity contribution in [3.05, 3.63) is 17.2 Å². The third-order valence-electron chi connectivity index (χ3n) is 3.76. The maximum Gasteiger partial charge on any atom is 0.244 e. The molecule has 1 aromatic carbocycles. The van der Waals surface area contributed by atoms with Gasteiger partial charge in [0.1, 0.15) is 16.4 Å². The highest BCUT2D eigenvalue weighted by Crippen LogP contribution is 2.35. The molecule has 0 radical (unpaired) electrons. The number of halogens is 1. The molecule has 0 spiro atoms. The topological polar surface area (TPSA) is 84.9 Å². The van der Waals surface area contributed by atoms with Crippen molar-refractivity contribution >= 4 is 27.5 Å². The Hall–Kier alpha value is -1.51. The van der Waals surface area contributed by atoms with Gasteiger partial charge in [0.25, 0.3) is 0 Å². The number of hydrogen-bond donors (Lipinski definition) is 1. The smallest absolute Gasteiger partial charge is 0.244 e. The third kappa shape index (κ3) is 3.93. The molecule has 0 aromatic heterocycles. The van der Waals surface area contributed by atoms with E-state index >= 15 is 0 Å². The van der Waals surface area contributed by atoms with Gasteiger partial charge in [0.15, 0.2) is 0 Å². The van der Waals surface area contributed by atoms with Crippen molar-refractivity contribution in [2.24, 2.45) is 0 Å². The minimum Gasteiger partial charge on any atom is -0.495 e. The molecule has 24 heavy (non-hydrogen) atoms. The first-order chi connectivity index (χ1) is 11.3. The molecule has 1 aliphatic heterocycles. The maximum absolute atomic E-state index is 12.7. The predicted octanol–water partition coefficient (Wildman–Crippen LogP) is 1.65. The SMILES string of the molecule is CCCN1C[C@@H](NS(=O)(=O)c2cc(OC)c(Cl)cc2OC)CC1=O. The Morgan fingerprint density at radius 1 is 1.29 bits per heavy atom. The van der Waals surface area contributed by atoms with E-state index in [1.165, 1.54) is 26.4 Å². The third-order valence-corrected chi connectivity index (χ3v) is 5.59. The summed E-state index contributed by atoms with van der Waals surface area (Å²) < 4.78 is 38.2. The number of hydrogen-bond acceptors (Lipinski definition) is 5. The zero-order valence-corrected chi connectivity index (χ0v) is 15.4. The second-order valence-electron chi connectivity index (χ2n) is 5.50. The number of likely N-dealkylation sites (tertiary alicyclic amines) is 1. The van der Waals surface area contributed by atoms with E-state index in [4.69, 9.17) is 21.1 Å². The van der Waals surface area contributed by atoms with Gasteiger partial charge in [-0.3, -0.25) is 4.79 Å². The van der Waals surface area contributed by atoms with Gasteiger partial charge in [-0.15, -0.1) is 0 Å². The molecule has 0 saturated carbocycles. The normalized spacial score (nSPS) is 18.1. The van der Waals surface area contributed by atoms with Crippen LogP contribution in [-0.4, -0.2) is 52.6 Å². The first kappa shape index (κ1) is 18.8. The highest BCUT2D eigenvalue weighted by molar-refractivity contribution is 7.89. The molecule has 1 aromatic rings. The summed E-state index contributed by atoms with van der Waals surface area (Å²) in [4.78, 5) is 13.5. The largest absolute Gasteiger partial charge is 0.495 e. The highest BCUT2D eigenvalue weighted by Gasteiger charge is 2.33. The summed E-state index contributed by atoms with van der Waals surface area (Å²) in [6, 6.07) is 2.22. The molecule has 0 aliphatic carbocycles. The van der Waals surface area contributed by atoms with Crippen LogP contribution in [0.15, 0.2) is 17.0 Å². The van der Waals surface area contributed by atoms with Gasteiger partial charge in [-0.05, 0) is 6.42 Å². The van der Waals surface area contributed by atoms with E-state index < -0.39 is 16.1 Å². The van der Waals surface area contributed by atoms with Gasteiger partial charge in [-0.1, -0.05) is 18.5 Å². The molecular formula is C15H21ClN2O5S. The summed E-state index contributed by atoms with van der Waals surface area (Å²) in [5, 5.41) is 0.249. The number of rotatable bonds is 7. The minimum atomic E-state index is -3.89. The zero-order valence-electron chi connectivity index (χ0n) is 13.8. The lowest BCUT2D eigenvalue weighted by atomic mass is 10.3. The molecule has 1 fully saturated rings. The van der Waals surface area contributed by atoms with E-state index in [0.717, 1.165) is 6.42 Å². The van der Waals surface area contributed by atoms with E-state index in [2.05, 4.69) is 4.72 Å². The second-order valence-corrected chi connectivity index (χ2v) is 7.59. The fraction of sp³-hybridized carbons (Fsp3) is 0.533. The Labute approximate surface area is 146 Å². The van der Waals surface area contributed by atoms with Crippen molar-refractivity contribution in [2.45, 2.75) is 30.7 Å². The Bertz CT molecular complexity index is 723. The summed E-state index contributed by atoms with van der Waals surface area (Å²) in [6.45, 7) is 2.95. The monoisotopic (exact) mass is 376 g/mol. The van der Waals surface area contributed by atoms with Crippen molar-refractivity contribution < 1.29 is 22.7 Å². The summed E-state index contributed by atoms with van der Waals surface area (Å²) in [6.07, 6.45) is 0.972. The molecule has 1 heterocycles. The first-order valence-corrected chi connectivity index (χ1v) is 9.40. The molecular weight excluding hydrogens is 356 g/mol. The van der Waals surface area contributed by atoms with Crippen LogP contribution in [0.5, 0.6) is 11.5 Å². The Morgan fingerprint density at radius 3 is 2.54 bits per heavy atom. The predicted molar refractivity (Wildman–Crippen MR) is 90.2 cm³/mol. The quantitative estimate of drug-likeness (QED) is 0.782. The van der Waals surface area contributed by atoms with Crippen LogP contribution in [0.3, 0.4) is 0 Å². The molecule has 1 saturated heterocycles. The summed E-state index contributed by atoms with van der Waals surface area (Å²) in [7, 11) is -1.13. The van der Waals surface area contributed by atoms with Crippen LogP contribution in [0.1, 0.15) is 19.8 Å². The van der Waals surface area contributed by atoms with Gasteiger partial charge in [0.2, 0.25) is 15.9 Å². The molecule has 2 rings (SSSR count). The number of nitrogens with one attached hydrogen (secondary N) is 1. The number of methoxy groups -OCH3 is 2. The van der Waals surface area contributed by atoms with E-state index in [9.17, 15) is 13.2 Å². The van der Waals surface area contributed by atoms with Gasteiger partial charge in [0.05, 0.1) is 19.2 Å². The van der Waals surface area contributed by atoms with Crippen LogP contribution < -0.4 is 14.2 Å². The summed E-state index contributed by atoms with van der Waals surface area (Å²) >= 11 is 6.00. The maximum atomic E-state index is 12.7. The Morgan fingerprint density at radius 2 is 1.96 bits per heavy atom. The molecule has 9 heteroatoms. The second kappa shape index (κ2) is 7.58. The van der Waals surface area contributed by atoms with Crippen molar-refractivity contribution in [3.63, 3.8) is 0 Å². The number of benzene rings is 1. The number of sulfonamides is 1. The van der Waals surface area contributed by atoms with Gasteiger partial charge < -0.3 is 14.4 Å². The summed E-state index contributed by atoms with van der Waals surface area (Å²) in [5.74, 6) is 0.293. The molecule has 0 bridgehead atoms. The average Bonchev–Trinajstić information content (AvgIpc) is 2.85. The van der Waals surface area contributed by atoms with E-state index in [-0.39, 0.29) is 33.7 Å². The van der Waals surface area contributed by atoms with Gasteiger partial charge in [-0.2, -0.15) is 0 Å². The van der Waals surface area contributed by atoms with Crippen LogP contribution >= 0.6 is 11.6 Å². The molecule has 1 atom stereocenters. The fourth-order valence-corrected chi connectivity index (χ4v) is 4.29. The van der Waals surface area contributed by atoms with E-state index in [1.807, 2.05) is 6.92 Å². The van der Waals surface area contributed by atoms with E-state index in [0.29, 0.717) is 13.1 Å². The standard InChI is InChI=1S/C15H21ClN2O5S/c1-4-5-18-9-10(6-15(18)19)17-24(20,21)14-8-12(22-2)11(16)7-13(14)23-3/h7-8,10,17H,4-6,9H2,1-3H3/t10-/m0/s1. The first-order valence-electron chi connectivity index (χ1n) is 7.54. The molecule has 1 aliphatic rings. The van der Waals surface area contributed by atoms with Gasteiger partial charge >= 0.3 is 0 Å². The molecule has 1 amide bonds. The van der Waals surface area contributed by atoms with Crippen LogP contribution in [0.25, 0.3) is 0 Å². The van der Waals surface area contributed by atoms with Crippen molar-refractivity contribution in [1.82, 2.24) is 9.62 Å². The lowest BCUT2D eigenvalue weighted by molar-refractivity contribution is -0.127. The van der Waals surface area contributed by atoms with Crippen LogP contribution in [0.4, 0.5) is 0 Å². The van der Waals surface area contributed by atoms with Crippen LogP contribution in [-0.2, 0) is 14.8 Å². The van der Waals surface area contributed by atoms with Crippen molar-refractivity contribution in [1.29, 1.82) is 0 Å². The van der Waals surface area contributed by atoms with Crippen molar-refractivity contribution in [3.8, 4) is 11.5 Å². The number of carbonyl (C=O) groups is 1. The zero-order chi connectivity index (χ0) is 17.9. The average molecular weight is 377 g/mol. The lowest BCUT2D eigenvalue weighted by Crippen LogP contribution is -2.37. The lowest BCUT2D eigenvalue weighted by Gasteiger charge is -2.17. The minimum absolute atomic E-state index is 0.0507. The molecule has 1 N–H and O–H groups in total. The number of carbonyl (C=O) groups excluding carboxylic acids is 1. The van der Waals surface area contributed by atoms with Crippen LogP contribution in [0.2, 0.25) is 5.02 Å². The number of nitrogens with zero attached hydrogens (tertiary/aromatic N) is 1.